The Labute approximate surface area is 185 Å². The van der Waals surface area contributed by atoms with E-state index >= 15 is 0 Å². The highest BCUT2D eigenvalue weighted by molar-refractivity contribution is 5.87. The minimum absolute atomic E-state index is 0.0959. The first kappa shape index (κ1) is 21.7. The maximum atomic E-state index is 11.8. The van der Waals surface area contributed by atoms with Crippen LogP contribution in [-0.2, 0) is 18.4 Å². The summed E-state index contributed by atoms with van der Waals surface area (Å²) >= 11 is 0. The fraction of sp³-hybridized carbons (Fsp3) is 0.409. The summed E-state index contributed by atoms with van der Waals surface area (Å²) in [4.78, 5) is 38.5. The lowest BCUT2D eigenvalue weighted by Gasteiger charge is -2.32. The number of carbonyl (C=O) groups is 1. The Kier molecular flexibility index (Phi) is 6.31. The largest absolute Gasteiger partial charge is 0.478 e. The summed E-state index contributed by atoms with van der Waals surface area (Å²) in [7, 11) is 3.35. The summed E-state index contributed by atoms with van der Waals surface area (Å²) < 4.78 is 2.06. The molecule has 2 aromatic heterocycles. The van der Waals surface area contributed by atoms with E-state index in [1.54, 1.807) is 6.07 Å². The van der Waals surface area contributed by atoms with Crippen molar-refractivity contribution >= 4 is 28.5 Å². The molecule has 0 atom stereocenters. The molecule has 32 heavy (non-hydrogen) atoms. The molecule has 0 unspecified atom stereocenters. The van der Waals surface area contributed by atoms with Crippen LogP contribution in [0.2, 0.25) is 0 Å². The fourth-order valence-corrected chi connectivity index (χ4v) is 4.16. The molecule has 0 saturated carbocycles. The molecule has 1 aliphatic heterocycles. The third-order valence-electron chi connectivity index (χ3n) is 5.96. The number of hydrogen-bond acceptors (Lipinski definition) is 7. The number of nitrogens with zero attached hydrogens (tertiary/aromatic N) is 5. The van der Waals surface area contributed by atoms with Crippen molar-refractivity contribution in [1.29, 1.82) is 0 Å². The number of hydrogen-bond donors (Lipinski definition) is 2. The summed E-state index contributed by atoms with van der Waals surface area (Å²) in [6.45, 7) is 3.29. The number of carboxylic acids is 1. The summed E-state index contributed by atoms with van der Waals surface area (Å²) in [6, 6.07) is 5.54. The second-order valence-electron chi connectivity index (χ2n) is 8.04. The Morgan fingerprint density at radius 3 is 2.66 bits per heavy atom. The number of benzene rings is 1. The van der Waals surface area contributed by atoms with Gasteiger partial charge in [0.15, 0.2) is 7.11 Å². The third kappa shape index (κ3) is 4.54. The SMILES string of the molecule is CO[N+](=O)c1ccc2c(c1)c(CNCC1CCN(c3ncc(C(=O)O)cn3)CC1)cn2C. The molecule has 10 nitrogen and oxygen atoms in total. The van der Waals surface area contributed by atoms with Crippen molar-refractivity contribution in [2.45, 2.75) is 19.4 Å². The van der Waals surface area contributed by atoms with Gasteiger partial charge in [-0.15, -0.1) is 0 Å². The first-order valence-corrected chi connectivity index (χ1v) is 10.6. The van der Waals surface area contributed by atoms with E-state index in [4.69, 9.17) is 9.94 Å². The molecule has 4 rings (SSSR count). The highest BCUT2D eigenvalue weighted by Crippen LogP contribution is 2.26. The minimum atomic E-state index is -1.02. The van der Waals surface area contributed by atoms with Gasteiger partial charge in [0.1, 0.15) is 0 Å². The molecule has 1 fully saturated rings. The van der Waals surface area contributed by atoms with Gasteiger partial charge in [-0.3, -0.25) is 0 Å². The van der Waals surface area contributed by atoms with E-state index in [1.807, 2.05) is 19.2 Å². The molecule has 0 bridgehead atoms. The number of piperidine rings is 1. The van der Waals surface area contributed by atoms with Crippen LogP contribution in [0.3, 0.4) is 0 Å². The number of aryl methyl sites for hydroxylation is 1. The van der Waals surface area contributed by atoms with Gasteiger partial charge in [0, 0.05) is 68.3 Å². The van der Waals surface area contributed by atoms with Crippen molar-refractivity contribution in [3.05, 3.63) is 52.8 Å². The summed E-state index contributed by atoms with van der Waals surface area (Å²) in [5.41, 5.74) is 2.77. The lowest BCUT2D eigenvalue weighted by atomic mass is 9.97. The second kappa shape index (κ2) is 9.31. The van der Waals surface area contributed by atoms with Crippen LogP contribution in [0.5, 0.6) is 0 Å². The summed E-state index contributed by atoms with van der Waals surface area (Å²) in [6.07, 6.45) is 6.81. The van der Waals surface area contributed by atoms with E-state index in [2.05, 4.69) is 30.9 Å². The lowest BCUT2D eigenvalue weighted by molar-refractivity contribution is -0.736. The Morgan fingerprint density at radius 2 is 2.00 bits per heavy atom. The first-order valence-electron chi connectivity index (χ1n) is 10.6. The van der Waals surface area contributed by atoms with E-state index in [9.17, 15) is 9.70 Å². The predicted octanol–water partition coefficient (Wildman–Crippen LogP) is 2.64. The molecule has 10 heteroatoms. The molecule has 0 radical (unpaired) electrons. The number of rotatable bonds is 8. The van der Waals surface area contributed by atoms with Gasteiger partial charge in [-0.1, -0.05) is 0 Å². The van der Waals surface area contributed by atoms with Crippen molar-refractivity contribution in [2.24, 2.45) is 13.0 Å². The summed E-state index contributed by atoms with van der Waals surface area (Å²) in [5, 5.41) is 13.6. The number of nitrogens with one attached hydrogen (secondary N) is 1. The van der Waals surface area contributed by atoms with Crippen molar-refractivity contribution in [1.82, 2.24) is 19.9 Å². The zero-order valence-corrected chi connectivity index (χ0v) is 18.2. The maximum Gasteiger partial charge on any atom is 0.338 e. The number of aromatic nitrogens is 3. The molecular formula is C22H27N6O4+. The molecule has 3 heterocycles. The van der Waals surface area contributed by atoms with Gasteiger partial charge in [-0.25, -0.2) is 19.6 Å². The van der Waals surface area contributed by atoms with Crippen LogP contribution in [0.15, 0.2) is 36.8 Å². The molecule has 1 aliphatic rings. The third-order valence-corrected chi connectivity index (χ3v) is 5.96. The van der Waals surface area contributed by atoms with Crippen LogP contribution in [-0.4, -0.2) is 57.3 Å². The Balaban J connectivity index is 1.31. The molecule has 0 amide bonds. The highest BCUT2D eigenvalue weighted by atomic mass is 16.8. The normalized spacial score (nSPS) is 14.6. The van der Waals surface area contributed by atoms with Crippen LogP contribution < -0.4 is 10.2 Å². The lowest BCUT2D eigenvalue weighted by Crippen LogP contribution is -2.38. The maximum absolute atomic E-state index is 11.8. The van der Waals surface area contributed by atoms with Crippen LogP contribution in [0.1, 0.15) is 28.8 Å². The van der Waals surface area contributed by atoms with Crippen molar-refractivity contribution in [2.75, 3.05) is 31.6 Å². The zero-order valence-electron chi connectivity index (χ0n) is 18.2. The van der Waals surface area contributed by atoms with E-state index in [0.29, 0.717) is 29.0 Å². The van der Waals surface area contributed by atoms with E-state index in [1.165, 1.54) is 19.5 Å². The molecule has 0 aliphatic carbocycles. The molecule has 3 aromatic rings. The van der Waals surface area contributed by atoms with Gasteiger partial charge in [0.25, 0.3) is 4.92 Å². The number of carboxylic acid groups (broad SMARTS) is 1. The highest BCUT2D eigenvalue weighted by Gasteiger charge is 2.22. The molecular weight excluding hydrogens is 412 g/mol. The molecule has 0 spiro atoms. The molecule has 1 aromatic carbocycles. The number of aromatic carboxylic acids is 1. The Morgan fingerprint density at radius 1 is 1.28 bits per heavy atom. The van der Waals surface area contributed by atoms with Gasteiger partial charge >= 0.3 is 11.7 Å². The van der Waals surface area contributed by atoms with E-state index < -0.39 is 5.97 Å². The van der Waals surface area contributed by atoms with Crippen LogP contribution in [0, 0.1) is 10.8 Å². The van der Waals surface area contributed by atoms with Gasteiger partial charge in [-0.2, -0.15) is 0 Å². The van der Waals surface area contributed by atoms with Crippen LogP contribution in [0.4, 0.5) is 11.6 Å². The molecule has 2 N–H and O–H groups in total. The first-order chi connectivity index (χ1) is 15.5. The van der Waals surface area contributed by atoms with E-state index in [-0.39, 0.29) is 5.56 Å². The number of anilines is 1. The monoisotopic (exact) mass is 439 g/mol. The van der Waals surface area contributed by atoms with Crippen molar-refractivity contribution in [3.63, 3.8) is 0 Å². The fourth-order valence-electron chi connectivity index (χ4n) is 4.16. The van der Waals surface area contributed by atoms with Gasteiger partial charge in [-0.05, 0) is 36.9 Å². The van der Waals surface area contributed by atoms with Gasteiger partial charge < -0.3 is 19.9 Å². The van der Waals surface area contributed by atoms with E-state index in [0.717, 1.165) is 48.9 Å². The Bertz CT molecular complexity index is 1120. The molecule has 168 valence electrons. The van der Waals surface area contributed by atoms with Crippen LogP contribution >= 0.6 is 0 Å². The number of fused-ring (bicyclic) bond motifs is 1. The summed E-state index contributed by atoms with van der Waals surface area (Å²) in [5.74, 6) is 0.102. The minimum Gasteiger partial charge on any atom is -0.478 e. The predicted molar refractivity (Wildman–Crippen MR) is 119 cm³/mol. The topological polar surface area (TPSA) is 113 Å². The zero-order chi connectivity index (χ0) is 22.7. The van der Waals surface area contributed by atoms with Crippen molar-refractivity contribution < 1.29 is 19.7 Å². The van der Waals surface area contributed by atoms with Crippen LogP contribution in [0.25, 0.3) is 10.9 Å². The molecule has 1 saturated heterocycles. The van der Waals surface area contributed by atoms with Gasteiger partial charge in [0.05, 0.1) is 10.5 Å². The smallest absolute Gasteiger partial charge is 0.338 e. The van der Waals surface area contributed by atoms with Crippen molar-refractivity contribution in [3.8, 4) is 0 Å². The average molecular weight is 439 g/mol. The Hall–Kier alpha value is -3.53. The standard InChI is InChI=1S/C22H26N6O4/c1-26-14-17(19-9-18(28(31)32-2)3-4-20(19)26)11-23-10-15-5-7-27(8-6-15)22-24-12-16(13-25-22)21(29)30/h3-4,9,12-15,23H,5-8,10-11H2,1-2H3/p+1. The average Bonchev–Trinajstić information content (AvgIpc) is 3.14. The quantitative estimate of drug-likeness (QED) is 0.515. The second-order valence-corrected chi connectivity index (χ2v) is 8.04. The van der Waals surface area contributed by atoms with Gasteiger partial charge in [0.2, 0.25) is 5.95 Å².